The van der Waals surface area contributed by atoms with Gasteiger partial charge in [-0.25, -0.2) is 4.79 Å². The number of carboxylic acid groups (broad SMARTS) is 1. The summed E-state index contributed by atoms with van der Waals surface area (Å²) >= 11 is 0. The summed E-state index contributed by atoms with van der Waals surface area (Å²) in [6.45, 7) is 5.32. The van der Waals surface area contributed by atoms with E-state index < -0.39 is 5.97 Å². The van der Waals surface area contributed by atoms with E-state index in [2.05, 4.69) is 5.32 Å². The fraction of sp³-hybridized carbons (Fsp3) is 0.267. The van der Waals surface area contributed by atoms with Gasteiger partial charge >= 0.3 is 5.97 Å². The van der Waals surface area contributed by atoms with Crippen LogP contribution in [-0.2, 0) is 0 Å². The van der Waals surface area contributed by atoms with Crippen molar-refractivity contribution < 1.29 is 9.90 Å². The second-order valence-electron chi connectivity index (χ2n) is 4.14. The summed E-state index contributed by atoms with van der Waals surface area (Å²) in [6, 6.07) is 8.35. The molecule has 21 heavy (non-hydrogen) atoms. The lowest BCUT2D eigenvalue weighted by Gasteiger charge is -2.23. The molecule has 0 aliphatic rings. The van der Waals surface area contributed by atoms with Crippen LogP contribution in [0.3, 0.4) is 0 Å². The van der Waals surface area contributed by atoms with Crippen LogP contribution in [0.15, 0.2) is 30.0 Å². The molecule has 1 aromatic carbocycles. The van der Waals surface area contributed by atoms with E-state index >= 15 is 0 Å². The fourth-order valence-corrected chi connectivity index (χ4v) is 1.88. The van der Waals surface area contributed by atoms with E-state index in [0.717, 1.165) is 0 Å². The van der Waals surface area contributed by atoms with Gasteiger partial charge in [-0.1, -0.05) is 0 Å². The highest BCUT2D eigenvalue weighted by Crippen LogP contribution is 2.24. The predicted molar refractivity (Wildman–Crippen MR) is 79.9 cm³/mol. The smallest absolute Gasteiger partial charge is 0.337 e. The third-order valence-electron chi connectivity index (χ3n) is 2.96. The average Bonchev–Trinajstić information content (AvgIpc) is 2.50. The van der Waals surface area contributed by atoms with E-state index in [9.17, 15) is 9.90 Å². The number of anilines is 2. The Kier molecular flexibility index (Phi) is 5.79. The first-order valence-electron chi connectivity index (χ1n) is 6.46. The zero-order chi connectivity index (χ0) is 15.8. The van der Waals surface area contributed by atoms with Gasteiger partial charge in [0, 0.05) is 25.0 Å². The molecule has 0 aliphatic heterocycles. The van der Waals surface area contributed by atoms with Gasteiger partial charge in [-0.3, -0.25) is 0 Å². The molecule has 2 N–H and O–H groups in total. The molecule has 0 atom stereocenters. The first-order chi connectivity index (χ1) is 10.1. The molecule has 1 aromatic rings. The quantitative estimate of drug-likeness (QED) is 0.779. The predicted octanol–water partition coefficient (Wildman–Crippen LogP) is 2.57. The lowest BCUT2D eigenvalue weighted by atomic mass is 10.1. The number of benzene rings is 1. The Morgan fingerprint density at radius 1 is 1.33 bits per heavy atom. The number of nitrogens with one attached hydrogen (secondary N) is 1. The van der Waals surface area contributed by atoms with Crippen LogP contribution < -0.4 is 10.2 Å². The van der Waals surface area contributed by atoms with Gasteiger partial charge in [-0.05, 0) is 32.0 Å². The number of hydrogen-bond donors (Lipinski definition) is 2. The third-order valence-corrected chi connectivity index (χ3v) is 2.96. The molecule has 0 saturated heterocycles. The minimum absolute atomic E-state index is 0.0836. The van der Waals surface area contributed by atoms with Crippen molar-refractivity contribution in [3.05, 3.63) is 35.5 Å². The average molecular weight is 284 g/mol. The second kappa shape index (κ2) is 7.56. The number of allylic oxidation sites excluding steroid dienone is 1. The Morgan fingerprint density at radius 2 is 1.95 bits per heavy atom. The van der Waals surface area contributed by atoms with Crippen LogP contribution in [0.1, 0.15) is 24.2 Å². The molecule has 0 amide bonds. The standard InChI is InChI=1S/C15H16N4O2/c1-3-19(4-2)14-6-5-12(7-13(14)15(20)21)18-10-11(8-16)9-17/h5-7,10,18H,3-4H2,1-2H3,(H,20,21). The largest absolute Gasteiger partial charge is 0.478 e. The maximum absolute atomic E-state index is 11.4. The van der Waals surface area contributed by atoms with Crippen molar-refractivity contribution in [2.75, 3.05) is 23.3 Å². The van der Waals surface area contributed by atoms with Crippen LogP contribution in [-0.4, -0.2) is 24.2 Å². The molecule has 0 aliphatic carbocycles. The van der Waals surface area contributed by atoms with E-state index in [4.69, 9.17) is 10.5 Å². The molecule has 0 fully saturated rings. The number of aromatic carboxylic acids is 1. The Labute approximate surface area is 123 Å². The van der Waals surface area contributed by atoms with Crippen molar-refractivity contribution >= 4 is 17.3 Å². The molecular weight excluding hydrogens is 268 g/mol. The van der Waals surface area contributed by atoms with Gasteiger partial charge in [0.05, 0.1) is 11.3 Å². The third kappa shape index (κ3) is 3.99. The molecule has 1 rings (SSSR count). The number of carboxylic acids is 1. The number of nitrogens with zero attached hydrogens (tertiary/aromatic N) is 3. The Hall–Kier alpha value is -2.99. The van der Waals surface area contributed by atoms with Crippen LogP contribution in [0, 0.1) is 22.7 Å². The van der Waals surface area contributed by atoms with Crippen LogP contribution in [0.25, 0.3) is 0 Å². The molecular formula is C15H16N4O2. The SMILES string of the molecule is CCN(CC)c1ccc(NC=C(C#N)C#N)cc1C(=O)O. The molecule has 0 unspecified atom stereocenters. The lowest BCUT2D eigenvalue weighted by Crippen LogP contribution is -2.24. The summed E-state index contributed by atoms with van der Waals surface area (Å²) in [5, 5.41) is 29.4. The van der Waals surface area contributed by atoms with Gasteiger partial charge in [-0.2, -0.15) is 10.5 Å². The van der Waals surface area contributed by atoms with E-state index in [1.54, 1.807) is 24.3 Å². The first kappa shape index (κ1) is 16.1. The van der Waals surface area contributed by atoms with Gasteiger partial charge in [-0.15, -0.1) is 0 Å². The Bertz CT molecular complexity index is 618. The summed E-state index contributed by atoms with van der Waals surface area (Å²) in [7, 11) is 0. The molecule has 0 radical (unpaired) electrons. The highest BCUT2D eigenvalue weighted by molar-refractivity contribution is 5.95. The summed E-state index contributed by atoms with van der Waals surface area (Å²) in [5.74, 6) is -1.02. The topological polar surface area (TPSA) is 100 Å². The van der Waals surface area contributed by atoms with Crippen molar-refractivity contribution in [1.82, 2.24) is 0 Å². The molecule has 108 valence electrons. The highest BCUT2D eigenvalue weighted by Gasteiger charge is 2.14. The van der Waals surface area contributed by atoms with Crippen molar-refractivity contribution in [2.24, 2.45) is 0 Å². The maximum atomic E-state index is 11.4. The highest BCUT2D eigenvalue weighted by atomic mass is 16.4. The van der Waals surface area contributed by atoms with Crippen molar-refractivity contribution in [2.45, 2.75) is 13.8 Å². The molecule has 0 bridgehead atoms. The normalized spacial score (nSPS) is 9.14. The van der Waals surface area contributed by atoms with Crippen LogP contribution in [0.2, 0.25) is 0 Å². The van der Waals surface area contributed by atoms with Crippen molar-refractivity contribution in [1.29, 1.82) is 10.5 Å². The maximum Gasteiger partial charge on any atom is 0.337 e. The molecule has 0 spiro atoms. The van der Waals surface area contributed by atoms with Crippen LogP contribution in [0.4, 0.5) is 11.4 Å². The lowest BCUT2D eigenvalue weighted by molar-refractivity contribution is 0.0697. The zero-order valence-electron chi connectivity index (χ0n) is 11.9. The van der Waals surface area contributed by atoms with Gasteiger partial charge in [0.15, 0.2) is 0 Å². The first-order valence-corrected chi connectivity index (χ1v) is 6.46. The molecule has 6 nitrogen and oxygen atoms in total. The Balaban J connectivity index is 3.16. The van der Waals surface area contributed by atoms with Gasteiger partial charge < -0.3 is 15.3 Å². The van der Waals surface area contributed by atoms with Gasteiger partial charge in [0.25, 0.3) is 0 Å². The molecule has 0 heterocycles. The summed E-state index contributed by atoms with van der Waals surface area (Å²) in [6.07, 6.45) is 1.25. The van der Waals surface area contributed by atoms with Crippen LogP contribution in [0.5, 0.6) is 0 Å². The van der Waals surface area contributed by atoms with E-state index in [0.29, 0.717) is 24.5 Å². The van der Waals surface area contributed by atoms with Gasteiger partial charge in [0.1, 0.15) is 17.7 Å². The Morgan fingerprint density at radius 3 is 2.43 bits per heavy atom. The van der Waals surface area contributed by atoms with Crippen LogP contribution >= 0.6 is 0 Å². The minimum Gasteiger partial charge on any atom is -0.478 e. The van der Waals surface area contributed by atoms with E-state index in [1.807, 2.05) is 18.7 Å². The number of carbonyl (C=O) groups is 1. The summed E-state index contributed by atoms with van der Waals surface area (Å²) in [4.78, 5) is 13.3. The fourth-order valence-electron chi connectivity index (χ4n) is 1.88. The summed E-state index contributed by atoms with van der Waals surface area (Å²) in [5.41, 5.74) is 1.24. The van der Waals surface area contributed by atoms with Gasteiger partial charge in [0.2, 0.25) is 0 Å². The van der Waals surface area contributed by atoms with E-state index in [1.165, 1.54) is 12.3 Å². The minimum atomic E-state index is -1.02. The number of nitriles is 2. The number of rotatable bonds is 6. The second-order valence-corrected chi connectivity index (χ2v) is 4.14. The van der Waals surface area contributed by atoms with E-state index in [-0.39, 0.29) is 11.1 Å². The molecule has 0 aromatic heterocycles. The molecule has 0 saturated carbocycles. The molecule has 6 heteroatoms. The summed E-state index contributed by atoms with van der Waals surface area (Å²) < 4.78 is 0. The zero-order valence-corrected chi connectivity index (χ0v) is 11.9. The monoisotopic (exact) mass is 284 g/mol. The number of hydrogen-bond acceptors (Lipinski definition) is 5. The van der Waals surface area contributed by atoms with Crippen molar-refractivity contribution in [3.8, 4) is 12.1 Å². The van der Waals surface area contributed by atoms with Crippen molar-refractivity contribution in [3.63, 3.8) is 0 Å².